The minimum Gasteiger partial charge on any atom is -0.425 e. The van der Waals surface area contributed by atoms with E-state index in [-0.39, 0.29) is 16.9 Å². The van der Waals surface area contributed by atoms with E-state index in [1.54, 1.807) is 62.4 Å². The molecule has 3 aromatic carbocycles. The molecule has 0 heterocycles. The number of hydrogen-bond donors (Lipinski definition) is 2. The van der Waals surface area contributed by atoms with E-state index in [4.69, 9.17) is 14.2 Å². The van der Waals surface area contributed by atoms with Gasteiger partial charge in [0.1, 0.15) is 22.7 Å². The van der Waals surface area contributed by atoms with Crippen LogP contribution >= 0.6 is 0 Å². The molecule has 0 saturated heterocycles. The lowest BCUT2D eigenvalue weighted by molar-refractivity contribution is -0.149. The summed E-state index contributed by atoms with van der Waals surface area (Å²) in [5.74, 6) is -1.09. The molecule has 3 rings (SSSR count). The molecule has 0 radical (unpaired) electrons. The molecular formula is C32H32O8. The number of aryl methyl sites for hydroxylation is 1. The van der Waals surface area contributed by atoms with Crippen LogP contribution in [-0.2, 0) is 14.4 Å². The maximum absolute atomic E-state index is 13.2. The lowest BCUT2D eigenvalue weighted by Crippen LogP contribution is -2.38. The molecule has 0 atom stereocenters. The van der Waals surface area contributed by atoms with Gasteiger partial charge in [-0.1, -0.05) is 37.4 Å². The Labute approximate surface area is 233 Å². The van der Waals surface area contributed by atoms with Crippen molar-refractivity contribution in [3.63, 3.8) is 0 Å². The van der Waals surface area contributed by atoms with Gasteiger partial charge in [0.15, 0.2) is 0 Å². The monoisotopic (exact) mass is 544 g/mol. The van der Waals surface area contributed by atoms with Crippen molar-refractivity contribution in [3.05, 3.63) is 90.5 Å². The first kappa shape index (κ1) is 30.0. The van der Waals surface area contributed by atoms with E-state index in [0.29, 0.717) is 33.8 Å². The molecule has 0 unspecified atom stereocenters. The van der Waals surface area contributed by atoms with Crippen molar-refractivity contribution < 1.29 is 38.8 Å². The number of esters is 3. The van der Waals surface area contributed by atoms with Crippen LogP contribution in [0, 0.1) is 12.3 Å². The van der Waals surface area contributed by atoms with Gasteiger partial charge in [-0.3, -0.25) is 4.79 Å². The summed E-state index contributed by atoms with van der Waals surface area (Å²) in [6.07, 6.45) is 0. The maximum Gasteiger partial charge on any atom is 0.338 e. The van der Waals surface area contributed by atoms with Gasteiger partial charge in [0.05, 0.1) is 13.2 Å². The number of aliphatic hydroxyl groups excluding tert-OH is 2. The van der Waals surface area contributed by atoms with Crippen molar-refractivity contribution in [2.75, 3.05) is 13.2 Å². The van der Waals surface area contributed by atoms with Crippen molar-refractivity contribution in [1.29, 1.82) is 0 Å². The fourth-order valence-corrected chi connectivity index (χ4v) is 3.50. The summed E-state index contributed by atoms with van der Waals surface area (Å²) >= 11 is 0. The molecule has 0 aliphatic rings. The lowest BCUT2D eigenvalue weighted by Gasteiger charge is -2.24. The largest absolute Gasteiger partial charge is 0.425 e. The molecule has 8 heteroatoms. The zero-order valence-corrected chi connectivity index (χ0v) is 22.9. The van der Waals surface area contributed by atoms with Crippen molar-refractivity contribution in [2.24, 2.45) is 5.41 Å². The Morgan fingerprint density at radius 3 is 1.43 bits per heavy atom. The summed E-state index contributed by atoms with van der Waals surface area (Å²) in [6.45, 7) is 12.3. The number of rotatable bonds is 10. The predicted molar refractivity (Wildman–Crippen MR) is 151 cm³/mol. The first-order valence-electron chi connectivity index (χ1n) is 12.4. The van der Waals surface area contributed by atoms with Gasteiger partial charge in [-0.2, -0.15) is 0 Å². The average Bonchev–Trinajstić information content (AvgIpc) is 2.93. The molecule has 0 bridgehead atoms. The number of aliphatic hydroxyl groups is 2. The van der Waals surface area contributed by atoms with Gasteiger partial charge >= 0.3 is 17.9 Å². The van der Waals surface area contributed by atoms with Crippen LogP contribution in [0.25, 0.3) is 22.3 Å². The van der Waals surface area contributed by atoms with Gasteiger partial charge in [-0.25, -0.2) is 9.59 Å². The molecule has 0 saturated carbocycles. The average molecular weight is 545 g/mol. The highest BCUT2D eigenvalue weighted by atomic mass is 16.5. The van der Waals surface area contributed by atoms with Gasteiger partial charge < -0.3 is 24.4 Å². The third kappa shape index (κ3) is 6.91. The van der Waals surface area contributed by atoms with Crippen LogP contribution in [0.3, 0.4) is 0 Å². The lowest BCUT2D eigenvalue weighted by atomic mass is 9.92. The Morgan fingerprint density at radius 1 is 0.725 bits per heavy atom. The molecule has 2 N–H and O–H groups in total. The minimum atomic E-state index is -1.54. The zero-order chi connectivity index (χ0) is 29.6. The summed E-state index contributed by atoms with van der Waals surface area (Å²) in [5.41, 5.74) is 2.26. The molecule has 0 amide bonds. The number of hydrogen-bond acceptors (Lipinski definition) is 8. The first-order valence-corrected chi connectivity index (χ1v) is 12.4. The molecule has 0 aliphatic carbocycles. The van der Waals surface area contributed by atoms with Crippen molar-refractivity contribution >= 4 is 17.9 Å². The van der Waals surface area contributed by atoms with Gasteiger partial charge in [0.25, 0.3) is 0 Å². The topological polar surface area (TPSA) is 119 Å². The molecule has 40 heavy (non-hydrogen) atoms. The summed E-state index contributed by atoms with van der Waals surface area (Å²) in [4.78, 5) is 37.0. The molecule has 8 nitrogen and oxygen atoms in total. The number of carbonyl (C=O) groups is 3. The Bertz CT molecular complexity index is 1350. The molecule has 0 spiro atoms. The maximum atomic E-state index is 13.2. The second-order valence-electron chi connectivity index (χ2n) is 9.84. The van der Waals surface area contributed by atoms with Gasteiger partial charge in [0.2, 0.25) is 0 Å². The zero-order valence-electron chi connectivity index (χ0n) is 22.9. The molecule has 3 aromatic rings. The summed E-state index contributed by atoms with van der Waals surface area (Å²) in [6, 6.07) is 17.0. The van der Waals surface area contributed by atoms with Crippen LogP contribution < -0.4 is 14.2 Å². The van der Waals surface area contributed by atoms with Crippen LogP contribution in [0.2, 0.25) is 0 Å². The normalized spacial score (nSPS) is 10.9. The third-order valence-electron chi connectivity index (χ3n) is 6.07. The fraction of sp³-hybridized carbons (Fsp3) is 0.219. The Balaban J connectivity index is 2.12. The van der Waals surface area contributed by atoms with E-state index in [2.05, 4.69) is 13.2 Å². The minimum absolute atomic E-state index is 0.196. The van der Waals surface area contributed by atoms with Gasteiger partial charge in [-0.15, -0.1) is 0 Å². The van der Waals surface area contributed by atoms with Crippen molar-refractivity contribution in [2.45, 2.75) is 27.7 Å². The Morgan fingerprint density at radius 2 is 1.10 bits per heavy atom. The molecule has 0 aliphatic heterocycles. The third-order valence-corrected chi connectivity index (χ3v) is 6.07. The van der Waals surface area contributed by atoms with Gasteiger partial charge in [-0.05, 0) is 80.8 Å². The summed E-state index contributed by atoms with van der Waals surface area (Å²) in [7, 11) is 0. The van der Waals surface area contributed by atoms with E-state index >= 15 is 0 Å². The van der Waals surface area contributed by atoms with Crippen LogP contribution in [-0.4, -0.2) is 41.3 Å². The number of benzene rings is 3. The van der Waals surface area contributed by atoms with Crippen LogP contribution in [0.1, 0.15) is 26.3 Å². The highest BCUT2D eigenvalue weighted by Gasteiger charge is 2.35. The Kier molecular flexibility index (Phi) is 9.42. The van der Waals surface area contributed by atoms with Crippen LogP contribution in [0.4, 0.5) is 0 Å². The smallest absolute Gasteiger partial charge is 0.338 e. The standard InChI is InChI=1S/C32H32O8/c1-19(2)29(35)38-24-11-7-22(8-12-24)26-15-21(5)16-27(28(26)40-31(37)32(6,17-33)18-34)23-9-13-25(14-10-23)39-30(36)20(3)4/h7-16,33-34H,1,3,17-18H2,2,4-6H3. The van der Waals surface area contributed by atoms with Crippen molar-refractivity contribution in [1.82, 2.24) is 0 Å². The number of ether oxygens (including phenoxy) is 3. The quantitative estimate of drug-likeness (QED) is 0.203. The highest BCUT2D eigenvalue weighted by Crippen LogP contribution is 2.42. The van der Waals surface area contributed by atoms with E-state index in [1.807, 2.05) is 19.1 Å². The first-order chi connectivity index (χ1) is 18.9. The SMILES string of the molecule is C=C(C)C(=O)Oc1ccc(-c2cc(C)cc(-c3ccc(OC(=O)C(=C)C)cc3)c2OC(=O)C(C)(CO)CO)cc1. The van der Waals surface area contributed by atoms with E-state index in [9.17, 15) is 24.6 Å². The van der Waals surface area contributed by atoms with E-state index in [1.165, 1.54) is 6.92 Å². The van der Waals surface area contributed by atoms with Crippen molar-refractivity contribution in [3.8, 4) is 39.5 Å². The highest BCUT2D eigenvalue weighted by molar-refractivity contribution is 5.91. The molecule has 208 valence electrons. The predicted octanol–water partition coefficient (Wildman–Crippen LogP) is 5.19. The van der Waals surface area contributed by atoms with Crippen LogP contribution in [0.15, 0.2) is 85.0 Å². The summed E-state index contributed by atoms with van der Waals surface area (Å²) in [5, 5.41) is 19.6. The number of carbonyl (C=O) groups excluding carboxylic acids is 3. The molecule has 0 aromatic heterocycles. The van der Waals surface area contributed by atoms with Gasteiger partial charge in [0, 0.05) is 22.3 Å². The van der Waals surface area contributed by atoms with E-state index in [0.717, 1.165) is 5.56 Å². The Hall–Kier alpha value is -4.53. The second kappa shape index (κ2) is 12.5. The van der Waals surface area contributed by atoms with Crippen LogP contribution in [0.5, 0.6) is 17.2 Å². The molecule has 0 fully saturated rings. The summed E-state index contributed by atoms with van der Waals surface area (Å²) < 4.78 is 16.5. The fourth-order valence-electron chi connectivity index (χ4n) is 3.50. The van der Waals surface area contributed by atoms with E-state index < -0.39 is 36.5 Å². The second-order valence-corrected chi connectivity index (χ2v) is 9.84. The molecular weight excluding hydrogens is 512 g/mol.